The number of aromatic nitrogens is 1. The Morgan fingerprint density at radius 1 is 1.33 bits per heavy atom. The number of benzene rings is 1. The molecule has 0 saturated heterocycles. The van der Waals surface area contributed by atoms with Crippen LogP contribution < -0.4 is 5.32 Å². The summed E-state index contributed by atoms with van der Waals surface area (Å²) in [6.45, 7) is 3.60. The highest BCUT2D eigenvalue weighted by Gasteiger charge is 2.26. The number of amides is 1. The lowest BCUT2D eigenvalue weighted by atomic mass is 9.90. The second-order valence-electron chi connectivity index (χ2n) is 5.61. The fraction of sp³-hybridized carbons (Fsp3) is 0.333. The SMILES string of the molecule is CC(C)(CCNC(=O)c1cc2ccc(Br)cc2[nH]1)C(=O)O. The van der Waals surface area contributed by atoms with Crippen molar-refractivity contribution in [3.05, 3.63) is 34.4 Å². The molecule has 1 amide bonds. The largest absolute Gasteiger partial charge is 0.481 e. The Morgan fingerprint density at radius 3 is 2.71 bits per heavy atom. The number of hydrogen-bond acceptors (Lipinski definition) is 2. The van der Waals surface area contributed by atoms with Gasteiger partial charge < -0.3 is 15.4 Å². The van der Waals surface area contributed by atoms with Crippen molar-refractivity contribution in [2.45, 2.75) is 20.3 Å². The summed E-state index contributed by atoms with van der Waals surface area (Å²) < 4.78 is 0.937. The van der Waals surface area contributed by atoms with Gasteiger partial charge in [0, 0.05) is 21.9 Å². The summed E-state index contributed by atoms with van der Waals surface area (Å²) in [7, 11) is 0. The number of H-pyrrole nitrogens is 1. The summed E-state index contributed by atoms with van der Waals surface area (Å²) in [6.07, 6.45) is 0.375. The van der Waals surface area contributed by atoms with Crippen LogP contribution in [0.5, 0.6) is 0 Å². The average Bonchev–Trinajstić information content (AvgIpc) is 2.81. The van der Waals surface area contributed by atoms with Crippen LogP contribution in [0.1, 0.15) is 30.8 Å². The van der Waals surface area contributed by atoms with Crippen molar-refractivity contribution in [3.8, 4) is 0 Å². The predicted octanol–water partition coefficient (Wildman–Crippen LogP) is 3.16. The first-order valence-corrected chi connectivity index (χ1v) is 7.39. The highest BCUT2D eigenvalue weighted by atomic mass is 79.9. The van der Waals surface area contributed by atoms with E-state index in [-0.39, 0.29) is 5.91 Å². The van der Waals surface area contributed by atoms with Gasteiger partial charge in [-0.05, 0) is 38.5 Å². The maximum Gasteiger partial charge on any atom is 0.309 e. The van der Waals surface area contributed by atoms with Crippen molar-refractivity contribution in [1.29, 1.82) is 0 Å². The molecule has 1 aromatic carbocycles. The van der Waals surface area contributed by atoms with E-state index in [0.29, 0.717) is 18.7 Å². The lowest BCUT2D eigenvalue weighted by molar-refractivity contribution is -0.147. The van der Waals surface area contributed by atoms with Gasteiger partial charge in [0.1, 0.15) is 5.69 Å². The molecule has 5 nitrogen and oxygen atoms in total. The Bertz CT molecular complexity index is 691. The lowest BCUT2D eigenvalue weighted by Gasteiger charge is -2.18. The molecule has 2 rings (SSSR count). The third kappa shape index (κ3) is 3.64. The van der Waals surface area contributed by atoms with Crippen molar-refractivity contribution in [3.63, 3.8) is 0 Å². The Hall–Kier alpha value is -1.82. The molecular formula is C15H17BrN2O3. The molecule has 0 radical (unpaired) electrons. The molecule has 112 valence electrons. The summed E-state index contributed by atoms with van der Waals surface area (Å²) in [6, 6.07) is 7.51. The van der Waals surface area contributed by atoms with Gasteiger partial charge in [-0.1, -0.05) is 22.0 Å². The van der Waals surface area contributed by atoms with Crippen molar-refractivity contribution in [2.75, 3.05) is 6.54 Å². The van der Waals surface area contributed by atoms with E-state index in [1.54, 1.807) is 19.9 Å². The molecule has 21 heavy (non-hydrogen) atoms. The normalized spacial score (nSPS) is 11.6. The molecule has 0 atom stereocenters. The topological polar surface area (TPSA) is 82.2 Å². The lowest BCUT2D eigenvalue weighted by Crippen LogP contribution is -2.32. The van der Waals surface area contributed by atoms with E-state index in [4.69, 9.17) is 5.11 Å². The maximum atomic E-state index is 12.1. The van der Waals surface area contributed by atoms with E-state index in [2.05, 4.69) is 26.2 Å². The van der Waals surface area contributed by atoms with Gasteiger partial charge in [-0.3, -0.25) is 9.59 Å². The van der Waals surface area contributed by atoms with Gasteiger partial charge in [0.25, 0.3) is 5.91 Å². The smallest absolute Gasteiger partial charge is 0.309 e. The number of carbonyl (C=O) groups excluding carboxylic acids is 1. The molecule has 0 fully saturated rings. The molecule has 0 aliphatic rings. The minimum Gasteiger partial charge on any atom is -0.481 e. The van der Waals surface area contributed by atoms with Gasteiger partial charge in [-0.2, -0.15) is 0 Å². The molecule has 1 aromatic heterocycles. The second kappa shape index (κ2) is 5.89. The standard InChI is InChI=1S/C15H17BrN2O3/c1-15(2,14(20)21)5-6-17-13(19)12-7-9-3-4-10(16)8-11(9)18-12/h3-4,7-8,18H,5-6H2,1-2H3,(H,17,19)(H,20,21). The van der Waals surface area contributed by atoms with Crippen molar-refractivity contribution < 1.29 is 14.7 Å². The van der Waals surface area contributed by atoms with E-state index in [0.717, 1.165) is 15.4 Å². The monoisotopic (exact) mass is 352 g/mol. The zero-order chi connectivity index (χ0) is 15.6. The number of carboxylic acids is 1. The first kappa shape index (κ1) is 15.6. The van der Waals surface area contributed by atoms with E-state index >= 15 is 0 Å². The Balaban J connectivity index is 2.01. The minimum atomic E-state index is -0.868. The van der Waals surface area contributed by atoms with Gasteiger partial charge in [0.15, 0.2) is 0 Å². The Kier molecular flexibility index (Phi) is 4.37. The number of carboxylic acid groups (broad SMARTS) is 1. The van der Waals surface area contributed by atoms with Crippen molar-refractivity contribution in [1.82, 2.24) is 10.3 Å². The second-order valence-corrected chi connectivity index (χ2v) is 6.53. The van der Waals surface area contributed by atoms with Gasteiger partial charge in [0.05, 0.1) is 5.41 Å². The Labute approximate surface area is 130 Å². The first-order valence-electron chi connectivity index (χ1n) is 6.59. The molecule has 0 unspecified atom stereocenters. The number of aliphatic carboxylic acids is 1. The predicted molar refractivity (Wildman–Crippen MR) is 84.4 cm³/mol. The minimum absolute atomic E-state index is 0.233. The molecule has 1 heterocycles. The van der Waals surface area contributed by atoms with Gasteiger partial charge in [0.2, 0.25) is 0 Å². The molecule has 0 aliphatic carbocycles. The van der Waals surface area contributed by atoms with Crippen LogP contribution in [0.2, 0.25) is 0 Å². The van der Waals surface area contributed by atoms with E-state index in [1.807, 2.05) is 18.2 Å². The van der Waals surface area contributed by atoms with E-state index in [9.17, 15) is 9.59 Å². The van der Waals surface area contributed by atoms with Crippen LogP contribution >= 0.6 is 15.9 Å². The summed E-state index contributed by atoms with van der Waals surface area (Å²) in [5.74, 6) is -1.10. The maximum absolute atomic E-state index is 12.1. The van der Waals surface area contributed by atoms with Gasteiger partial charge in [-0.15, -0.1) is 0 Å². The third-order valence-electron chi connectivity index (χ3n) is 3.44. The molecule has 0 bridgehead atoms. The van der Waals surface area contributed by atoms with Crippen LogP contribution in [0.15, 0.2) is 28.7 Å². The molecule has 0 saturated carbocycles. The third-order valence-corrected chi connectivity index (χ3v) is 3.94. The number of rotatable bonds is 5. The summed E-state index contributed by atoms with van der Waals surface area (Å²) >= 11 is 3.38. The van der Waals surface area contributed by atoms with Crippen molar-refractivity contribution in [2.24, 2.45) is 5.41 Å². The molecule has 0 spiro atoms. The van der Waals surface area contributed by atoms with Crippen LogP contribution in [0.4, 0.5) is 0 Å². The molecule has 0 aliphatic heterocycles. The fourth-order valence-electron chi connectivity index (χ4n) is 1.91. The van der Waals surface area contributed by atoms with Crippen molar-refractivity contribution >= 4 is 38.7 Å². The number of nitrogens with one attached hydrogen (secondary N) is 2. The molecule has 2 aromatic rings. The Morgan fingerprint density at radius 2 is 2.05 bits per heavy atom. The number of hydrogen-bond donors (Lipinski definition) is 3. The highest BCUT2D eigenvalue weighted by Crippen LogP contribution is 2.21. The first-order chi connectivity index (χ1) is 9.79. The number of fused-ring (bicyclic) bond motifs is 1. The van der Waals surface area contributed by atoms with E-state index < -0.39 is 11.4 Å². The fourth-order valence-corrected chi connectivity index (χ4v) is 2.27. The zero-order valence-corrected chi connectivity index (χ0v) is 13.5. The van der Waals surface area contributed by atoms with Crippen LogP contribution in [0, 0.1) is 5.41 Å². The number of halogens is 1. The quantitative estimate of drug-likeness (QED) is 0.772. The van der Waals surface area contributed by atoms with Crippen LogP contribution in [-0.2, 0) is 4.79 Å². The summed E-state index contributed by atoms with van der Waals surface area (Å²) in [5, 5.41) is 12.7. The summed E-state index contributed by atoms with van der Waals surface area (Å²) in [5.41, 5.74) is 0.495. The number of aromatic amines is 1. The zero-order valence-electron chi connectivity index (χ0n) is 11.9. The number of carbonyl (C=O) groups is 2. The molecule has 3 N–H and O–H groups in total. The van der Waals surface area contributed by atoms with Gasteiger partial charge in [-0.25, -0.2) is 0 Å². The highest BCUT2D eigenvalue weighted by molar-refractivity contribution is 9.10. The molecular weight excluding hydrogens is 336 g/mol. The van der Waals surface area contributed by atoms with Crippen LogP contribution in [0.25, 0.3) is 10.9 Å². The average molecular weight is 353 g/mol. The van der Waals surface area contributed by atoms with Gasteiger partial charge >= 0.3 is 5.97 Å². The van der Waals surface area contributed by atoms with Crippen LogP contribution in [0.3, 0.4) is 0 Å². The summed E-state index contributed by atoms with van der Waals surface area (Å²) in [4.78, 5) is 26.1. The van der Waals surface area contributed by atoms with E-state index in [1.165, 1.54) is 0 Å². The van der Waals surface area contributed by atoms with Crippen LogP contribution in [-0.4, -0.2) is 28.5 Å². The molecule has 6 heteroatoms.